The van der Waals surface area contributed by atoms with Crippen LogP contribution in [0.1, 0.15) is 15.9 Å². The van der Waals surface area contributed by atoms with E-state index >= 15 is 0 Å². The fourth-order valence-corrected chi connectivity index (χ4v) is 2.18. The lowest BCUT2D eigenvalue weighted by Gasteiger charge is -2.13. The van der Waals surface area contributed by atoms with E-state index in [4.69, 9.17) is 25.8 Å². The molecule has 21 heavy (non-hydrogen) atoms. The van der Waals surface area contributed by atoms with Gasteiger partial charge in [-0.05, 0) is 18.2 Å². The zero-order chi connectivity index (χ0) is 15.4. The maximum absolute atomic E-state index is 12.6. The van der Waals surface area contributed by atoms with Gasteiger partial charge in [0.25, 0.3) is 0 Å². The molecule has 110 valence electrons. The number of carbonyl (C=O) groups excluding carboxylic acids is 1. The average Bonchev–Trinajstić information content (AvgIpc) is 2.52. The van der Waals surface area contributed by atoms with Crippen LogP contribution >= 0.6 is 11.6 Å². The van der Waals surface area contributed by atoms with Gasteiger partial charge in [0.2, 0.25) is 0 Å². The molecule has 0 saturated carbocycles. The number of benzene rings is 2. The van der Waals surface area contributed by atoms with Gasteiger partial charge in [-0.3, -0.25) is 4.79 Å². The Bertz CT molecular complexity index is 667. The predicted molar refractivity (Wildman–Crippen MR) is 81.0 cm³/mol. The second kappa shape index (κ2) is 6.50. The van der Waals surface area contributed by atoms with Crippen LogP contribution in [0.4, 0.5) is 0 Å². The van der Waals surface area contributed by atoms with Crippen molar-refractivity contribution in [1.29, 1.82) is 0 Å². The van der Waals surface area contributed by atoms with E-state index < -0.39 is 0 Å². The highest BCUT2D eigenvalue weighted by atomic mass is 35.5. The van der Waals surface area contributed by atoms with Crippen LogP contribution in [0, 0.1) is 0 Å². The summed E-state index contributed by atoms with van der Waals surface area (Å²) >= 11 is 5.93. The SMILES string of the molecule is COc1cc(OC)c(C(=O)c2cccc(Cl)c2)cc1OC. The summed E-state index contributed by atoms with van der Waals surface area (Å²) in [5, 5.41) is 0.500. The number of halogens is 1. The molecule has 0 radical (unpaired) electrons. The summed E-state index contributed by atoms with van der Waals surface area (Å²) in [6.07, 6.45) is 0. The highest BCUT2D eigenvalue weighted by Gasteiger charge is 2.19. The molecule has 2 rings (SSSR count). The predicted octanol–water partition coefficient (Wildman–Crippen LogP) is 3.60. The van der Waals surface area contributed by atoms with E-state index in [-0.39, 0.29) is 5.78 Å². The van der Waals surface area contributed by atoms with E-state index in [2.05, 4.69) is 0 Å². The van der Waals surface area contributed by atoms with Crippen LogP contribution in [0.15, 0.2) is 36.4 Å². The number of hydrogen-bond donors (Lipinski definition) is 0. The maximum Gasteiger partial charge on any atom is 0.196 e. The van der Waals surface area contributed by atoms with Gasteiger partial charge in [-0.25, -0.2) is 0 Å². The van der Waals surface area contributed by atoms with Crippen molar-refractivity contribution >= 4 is 17.4 Å². The van der Waals surface area contributed by atoms with Crippen molar-refractivity contribution in [1.82, 2.24) is 0 Å². The van der Waals surface area contributed by atoms with Crippen molar-refractivity contribution in [3.63, 3.8) is 0 Å². The smallest absolute Gasteiger partial charge is 0.196 e. The number of ketones is 1. The Morgan fingerprint density at radius 2 is 1.52 bits per heavy atom. The zero-order valence-electron chi connectivity index (χ0n) is 12.0. The Morgan fingerprint density at radius 3 is 2.10 bits per heavy atom. The fourth-order valence-electron chi connectivity index (χ4n) is 1.99. The fraction of sp³-hybridized carbons (Fsp3) is 0.188. The molecule has 0 atom stereocenters. The minimum atomic E-state index is -0.199. The van der Waals surface area contributed by atoms with Crippen LogP contribution in [0.2, 0.25) is 5.02 Å². The third-order valence-electron chi connectivity index (χ3n) is 3.04. The second-order valence-corrected chi connectivity index (χ2v) is 4.68. The van der Waals surface area contributed by atoms with Crippen molar-refractivity contribution in [2.45, 2.75) is 0 Å². The molecule has 2 aromatic carbocycles. The third-order valence-corrected chi connectivity index (χ3v) is 3.27. The largest absolute Gasteiger partial charge is 0.496 e. The van der Waals surface area contributed by atoms with Gasteiger partial charge < -0.3 is 14.2 Å². The molecule has 0 saturated heterocycles. The molecule has 0 N–H and O–H groups in total. The molecule has 0 fully saturated rings. The molecule has 2 aromatic rings. The molecule has 5 heteroatoms. The molecule has 0 aliphatic rings. The first-order valence-corrected chi connectivity index (χ1v) is 6.58. The Kier molecular flexibility index (Phi) is 4.70. The standard InChI is InChI=1S/C16H15ClO4/c1-19-13-9-15(21-3)14(20-2)8-12(13)16(18)10-5-4-6-11(17)7-10/h4-9H,1-3H3. The summed E-state index contributed by atoms with van der Waals surface area (Å²) in [7, 11) is 4.53. The second-order valence-electron chi connectivity index (χ2n) is 4.25. The summed E-state index contributed by atoms with van der Waals surface area (Å²) in [6.45, 7) is 0. The summed E-state index contributed by atoms with van der Waals surface area (Å²) < 4.78 is 15.7. The van der Waals surface area contributed by atoms with Crippen LogP contribution in [-0.4, -0.2) is 27.1 Å². The molecule has 0 amide bonds. The van der Waals surface area contributed by atoms with Gasteiger partial charge in [0.05, 0.1) is 26.9 Å². The first kappa shape index (κ1) is 15.2. The molecule has 0 spiro atoms. The van der Waals surface area contributed by atoms with Gasteiger partial charge in [0.15, 0.2) is 17.3 Å². The molecule has 0 bridgehead atoms. The Labute approximate surface area is 128 Å². The molecular weight excluding hydrogens is 292 g/mol. The average molecular weight is 307 g/mol. The molecule has 0 unspecified atom stereocenters. The lowest BCUT2D eigenvalue weighted by molar-refractivity contribution is 0.103. The summed E-state index contributed by atoms with van der Waals surface area (Å²) in [6, 6.07) is 9.97. The van der Waals surface area contributed by atoms with Crippen molar-refractivity contribution in [2.24, 2.45) is 0 Å². The molecule has 0 aliphatic carbocycles. The van der Waals surface area contributed by atoms with Gasteiger partial charge >= 0.3 is 0 Å². The summed E-state index contributed by atoms with van der Waals surface area (Å²) in [5.74, 6) is 1.17. The van der Waals surface area contributed by atoms with Crippen molar-refractivity contribution in [2.75, 3.05) is 21.3 Å². The van der Waals surface area contributed by atoms with E-state index in [0.29, 0.717) is 33.4 Å². The number of carbonyl (C=O) groups is 1. The van der Waals surface area contributed by atoms with Crippen LogP contribution < -0.4 is 14.2 Å². The number of methoxy groups -OCH3 is 3. The molecule has 4 nitrogen and oxygen atoms in total. The van der Waals surface area contributed by atoms with Crippen LogP contribution in [0.3, 0.4) is 0 Å². The quantitative estimate of drug-likeness (QED) is 0.792. The lowest BCUT2D eigenvalue weighted by Crippen LogP contribution is -2.05. The maximum atomic E-state index is 12.6. The Balaban J connectivity index is 2.54. The number of hydrogen-bond acceptors (Lipinski definition) is 4. The number of ether oxygens (including phenoxy) is 3. The minimum Gasteiger partial charge on any atom is -0.496 e. The van der Waals surface area contributed by atoms with Crippen LogP contribution in [-0.2, 0) is 0 Å². The molecule has 0 aromatic heterocycles. The van der Waals surface area contributed by atoms with Crippen molar-refractivity contribution in [3.05, 3.63) is 52.5 Å². The highest BCUT2D eigenvalue weighted by Crippen LogP contribution is 2.35. The third kappa shape index (κ3) is 3.11. The van der Waals surface area contributed by atoms with Gasteiger partial charge in [-0.2, -0.15) is 0 Å². The molecule has 0 aliphatic heterocycles. The first-order chi connectivity index (χ1) is 10.1. The normalized spacial score (nSPS) is 10.1. The lowest BCUT2D eigenvalue weighted by atomic mass is 10.0. The van der Waals surface area contributed by atoms with Crippen LogP contribution in [0.5, 0.6) is 17.2 Å². The number of rotatable bonds is 5. The van der Waals surface area contributed by atoms with Crippen LogP contribution in [0.25, 0.3) is 0 Å². The van der Waals surface area contributed by atoms with Crippen molar-refractivity contribution < 1.29 is 19.0 Å². The highest BCUT2D eigenvalue weighted by molar-refractivity contribution is 6.31. The topological polar surface area (TPSA) is 44.8 Å². The monoisotopic (exact) mass is 306 g/mol. The summed E-state index contributed by atoms with van der Waals surface area (Å²) in [5.41, 5.74) is 0.866. The van der Waals surface area contributed by atoms with Gasteiger partial charge in [0.1, 0.15) is 5.75 Å². The minimum absolute atomic E-state index is 0.199. The Hall–Kier alpha value is -2.20. The molecular formula is C16H15ClO4. The van der Waals surface area contributed by atoms with E-state index in [1.54, 1.807) is 36.4 Å². The van der Waals surface area contributed by atoms with Gasteiger partial charge in [0, 0.05) is 16.7 Å². The summed E-state index contributed by atoms with van der Waals surface area (Å²) in [4.78, 5) is 12.6. The molecule has 0 heterocycles. The van der Waals surface area contributed by atoms with Gasteiger partial charge in [-0.15, -0.1) is 0 Å². The van der Waals surface area contributed by atoms with Crippen molar-refractivity contribution in [3.8, 4) is 17.2 Å². The van der Waals surface area contributed by atoms with E-state index in [0.717, 1.165) is 0 Å². The zero-order valence-corrected chi connectivity index (χ0v) is 12.7. The van der Waals surface area contributed by atoms with Gasteiger partial charge in [-0.1, -0.05) is 23.7 Å². The van der Waals surface area contributed by atoms with E-state index in [1.807, 2.05) is 0 Å². The van der Waals surface area contributed by atoms with E-state index in [9.17, 15) is 4.79 Å². The Morgan fingerprint density at radius 1 is 0.905 bits per heavy atom. The first-order valence-electron chi connectivity index (χ1n) is 6.21. The van der Waals surface area contributed by atoms with E-state index in [1.165, 1.54) is 21.3 Å².